The van der Waals surface area contributed by atoms with Crippen molar-refractivity contribution in [1.82, 2.24) is 4.98 Å². The van der Waals surface area contributed by atoms with E-state index in [1.54, 1.807) is 0 Å². The van der Waals surface area contributed by atoms with Crippen molar-refractivity contribution >= 4 is 24.4 Å². The van der Waals surface area contributed by atoms with Crippen LogP contribution in [0.5, 0.6) is 0 Å². The van der Waals surface area contributed by atoms with Gasteiger partial charge in [-0.2, -0.15) is 25.8 Å². The number of unbranched alkanes of at least 4 members (excludes halogenated alkanes) is 3. The van der Waals surface area contributed by atoms with E-state index in [4.69, 9.17) is 0 Å². The smallest absolute Gasteiger partial charge is 0.249 e. The summed E-state index contributed by atoms with van der Waals surface area (Å²) < 4.78 is 36.9. The van der Waals surface area contributed by atoms with E-state index >= 15 is 0 Å². The molecule has 102 valence electrons. The molecule has 18 heavy (non-hydrogen) atoms. The van der Waals surface area contributed by atoms with Crippen LogP contribution in [-0.2, 0) is 6.18 Å². The summed E-state index contributed by atoms with van der Waals surface area (Å²) in [6.45, 7) is 0. The molecule has 1 rings (SSSR count). The third kappa shape index (κ3) is 6.00. The van der Waals surface area contributed by atoms with E-state index < -0.39 is 11.7 Å². The summed E-state index contributed by atoms with van der Waals surface area (Å²) in [6.07, 6.45) is 1.05. The van der Waals surface area contributed by atoms with Crippen LogP contribution in [0.15, 0.2) is 23.4 Å². The topological polar surface area (TPSA) is 12.9 Å². The van der Waals surface area contributed by atoms with E-state index in [2.05, 4.69) is 17.6 Å². The Balaban J connectivity index is 2.27. The quantitative estimate of drug-likeness (QED) is 0.445. The Morgan fingerprint density at radius 1 is 1.11 bits per heavy atom. The van der Waals surface area contributed by atoms with Crippen LogP contribution in [0.1, 0.15) is 31.2 Å². The molecule has 0 saturated carbocycles. The van der Waals surface area contributed by atoms with E-state index in [1.807, 2.05) is 0 Å². The average molecular weight is 295 g/mol. The molecule has 0 amide bonds. The van der Waals surface area contributed by atoms with E-state index in [-0.39, 0.29) is 0 Å². The van der Waals surface area contributed by atoms with Crippen LogP contribution in [0, 0.1) is 0 Å². The lowest BCUT2D eigenvalue weighted by Gasteiger charge is -2.06. The number of thiol groups is 1. The fraction of sp³-hybridized carbons (Fsp3) is 0.583. The average Bonchev–Trinajstić information content (AvgIpc) is 2.33. The molecule has 0 aliphatic carbocycles. The molecule has 1 heterocycles. The minimum atomic E-state index is -4.30. The Bertz CT molecular complexity index is 338. The lowest BCUT2D eigenvalue weighted by molar-refractivity contribution is -0.137. The van der Waals surface area contributed by atoms with Gasteiger partial charge in [0.05, 0.1) is 10.6 Å². The number of hydrogen-bond donors (Lipinski definition) is 1. The van der Waals surface area contributed by atoms with Gasteiger partial charge in [0, 0.05) is 6.20 Å². The van der Waals surface area contributed by atoms with Gasteiger partial charge in [-0.15, -0.1) is 11.8 Å². The summed E-state index contributed by atoms with van der Waals surface area (Å²) >= 11 is 5.63. The van der Waals surface area contributed by atoms with Crippen molar-refractivity contribution in [2.45, 2.75) is 36.9 Å². The number of halogens is 3. The molecule has 0 aromatic carbocycles. The highest BCUT2D eigenvalue weighted by Crippen LogP contribution is 2.29. The molecule has 0 aliphatic rings. The van der Waals surface area contributed by atoms with Gasteiger partial charge in [0.15, 0.2) is 0 Å². The molecule has 0 spiro atoms. The van der Waals surface area contributed by atoms with Gasteiger partial charge in [-0.1, -0.05) is 12.8 Å². The number of alkyl halides is 3. The fourth-order valence-electron chi connectivity index (χ4n) is 1.38. The molecule has 0 bridgehead atoms. The number of rotatable bonds is 7. The monoisotopic (exact) mass is 295 g/mol. The third-order valence-electron chi connectivity index (χ3n) is 2.37. The van der Waals surface area contributed by atoms with Gasteiger partial charge in [-0.05, 0) is 36.5 Å². The molecule has 0 aliphatic heterocycles. The first-order chi connectivity index (χ1) is 8.54. The molecule has 6 heteroatoms. The van der Waals surface area contributed by atoms with E-state index in [1.165, 1.54) is 17.8 Å². The first-order valence-corrected chi connectivity index (χ1v) is 7.43. The van der Waals surface area contributed by atoms with Crippen LogP contribution in [0.4, 0.5) is 13.2 Å². The molecule has 1 nitrogen and oxygen atoms in total. The number of nitrogens with zero attached hydrogens (tertiary/aromatic N) is 1. The van der Waals surface area contributed by atoms with E-state index in [0.29, 0.717) is 5.03 Å². The minimum Gasteiger partial charge on any atom is -0.249 e. The van der Waals surface area contributed by atoms with Crippen molar-refractivity contribution in [1.29, 1.82) is 0 Å². The SMILES string of the molecule is FC(F)(F)c1ccc(SCCCCCCS)nc1. The first kappa shape index (κ1) is 15.7. The van der Waals surface area contributed by atoms with Crippen molar-refractivity contribution in [3.8, 4) is 0 Å². The zero-order valence-corrected chi connectivity index (χ0v) is 11.6. The van der Waals surface area contributed by atoms with Crippen molar-refractivity contribution in [3.63, 3.8) is 0 Å². The molecule has 0 radical (unpaired) electrons. The summed E-state index contributed by atoms with van der Waals surface area (Å²) in [5, 5.41) is 0.650. The van der Waals surface area contributed by atoms with E-state index in [9.17, 15) is 13.2 Å². The first-order valence-electron chi connectivity index (χ1n) is 5.81. The third-order valence-corrected chi connectivity index (χ3v) is 3.71. The lowest BCUT2D eigenvalue weighted by Crippen LogP contribution is -2.05. The number of aromatic nitrogens is 1. The standard InChI is InChI=1S/C12H16F3NS2/c13-12(14,15)10-5-6-11(16-9-10)18-8-4-2-1-3-7-17/h5-6,9,17H,1-4,7-8H2. The Morgan fingerprint density at radius 3 is 2.39 bits per heavy atom. The van der Waals surface area contributed by atoms with Crippen molar-refractivity contribution in [2.24, 2.45) is 0 Å². The number of pyridine rings is 1. The van der Waals surface area contributed by atoms with Crippen LogP contribution in [0.3, 0.4) is 0 Å². The molecule has 1 aromatic rings. The summed E-state index contributed by atoms with van der Waals surface area (Å²) in [7, 11) is 0. The van der Waals surface area contributed by atoms with Crippen molar-refractivity contribution in [2.75, 3.05) is 11.5 Å². The Labute approximate surface area is 115 Å². The maximum absolute atomic E-state index is 12.3. The Kier molecular flexibility index (Phi) is 6.92. The second kappa shape index (κ2) is 7.94. The molecule has 0 fully saturated rings. The largest absolute Gasteiger partial charge is 0.417 e. The van der Waals surface area contributed by atoms with Gasteiger partial charge in [-0.3, -0.25) is 0 Å². The van der Waals surface area contributed by atoms with Crippen LogP contribution in [0.2, 0.25) is 0 Å². The minimum absolute atomic E-state index is 0.650. The summed E-state index contributed by atoms with van der Waals surface area (Å²) in [5.41, 5.74) is -0.694. The van der Waals surface area contributed by atoms with Crippen molar-refractivity contribution in [3.05, 3.63) is 23.9 Å². The highest BCUT2D eigenvalue weighted by Gasteiger charge is 2.30. The molecule has 0 unspecified atom stereocenters. The van der Waals surface area contributed by atoms with Gasteiger partial charge < -0.3 is 0 Å². The van der Waals surface area contributed by atoms with Gasteiger partial charge in [-0.25, -0.2) is 4.98 Å². The highest BCUT2D eigenvalue weighted by molar-refractivity contribution is 7.99. The summed E-state index contributed by atoms with van der Waals surface area (Å²) in [5.74, 6) is 1.80. The number of thioether (sulfide) groups is 1. The van der Waals surface area contributed by atoms with E-state index in [0.717, 1.165) is 49.5 Å². The summed E-state index contributed by atoms with van der Waals surface area (Å²) in [4.78, 5) is 3.81. The molecule has 0 N–H and O–H groups in total. The maximum Gasteiger partial charge on any atom is 0.417 e. The van der Waals surface area contributed by atoms with Gasteiger partial charge >= 0.3 is 6.18 Å². The predicted octanol–water partition coefficient (Wildman–Crippen LogP) is 4.68. The van der Waals surface area contributed by atoms with Gasteiger partial charge in [0.25, 0.3) is 0 Å². The molecule has 0 atom stereocenters. The normalized spacial score (nSPS) is 11.8. The van der Waals surface area contributed by atoms with Crippen LogP contribution < -0.4 is 0 Å². The van der Waals surface area contributed by atoms with Crippen LogP contribution >= 0.6 is 24.4 Å². The molecular formula is C12H16F3NS2. The Hall–Kier alpha value is -0.360. The predicted molar refractivity (Wildman–Crippen MR) is 72.3 cm³/mol. The van der Waals surface area contributed by atoms with Crippen LogP contribution in [0.25, 0.3) is 0 Å². The maximum atomic E-state index is 12.3. The molecule has 1 aromatic heterocycles. The second-order valence-corrected chi connectivity index (χ2v) is 5.43. The second-order valence-electron chi connectivity index (χ2n) is 3.87. The summed E-state index contributed by atoms with van der Waals surface area (Å²) in [6, 6.07) is 2.51. The number of hydrogen-bond acceptors (Lipinski definition) is 3. The molecule has 0 saturated heterocycles. The van der Waals surface area contributed by atoms with Gasteiger partial charge in [0.1, 0.15) is 0 Å². The fourth-order valence-corrected chi connectivity index (χ4v) is 2.45. The van der Waals surface area contributed by atoms with Crippen molar-refractivity contribution < 1.29 is 13.2 Å². The van der Waals surface area contributed by atoms with Crippen LogP contribution in [-0.4, -0.2) is 16.5 Å². The molecular weight excluding hydrogens is 279 g/mol. The zero-order valence-electron chi connectivity index (χ0n) is 9.91. The lowest BCUT2D eigenvalue weighted by atomic mass is 10.2. The Morgan fingerprint density at radius 2 is 1.83 bits per heavy atom. The zero-order chi connectivity index (χ0) is 13.4. The van der Waals surface area contributed by atoms with Gasteiger partial charge in [0.2, 0.25) is 0 Å². The highest BCUT2D eigenvalue weighted by atomic mass is 32.2.